The van der Waals surface area contributed by atoms with E-state index in [0.717, 1.165) is 20.9 Å². The number of hydrogen-bond acceptors (Lipinski definition) is 4. The number of nitrogens with two attached hydrogens (primary N) is 2. The normalized spacial score (nSPS) is 10.5. The van der Waals surface area contributed by atoms with Crippen molar-refractivity contribution in [2.24, 2.45) is 0 Å². The Labute approximate surface area is 67.7 Å². The number of aromatic nitrogens is 1. The van der Waals surface area contributed by atoms with E-state index in [1.165, 1.54) is 11.3 Å². The third kappa shape index (κ3) is 0.914. The quantitative estimate of drug-likeness (QED) is 0.621. The van der Waals surface area contributed by atoms with Crippen molar-refractivity contribution in [3.8, 4) is 0 Å². The van der Waals surface area contributed by atoms with E-state index in [1.807, 2.05) is 6.07 Å². The molecular formula is C7H7N3S. The van der Waals surface area contributed by atoms with Gasteiger partial charge in [0.1, 0.15) is 4.83 Å². The molecular weight excluding hydrogens is 158 g/mol. The highest BCUT2D eigenvalue weighted by atomic mass is 32.1. The third-order valence-electron chi connectivity index (χ3n) is 1.49. The predicted molar refractivity (Wildman–Crippen MR) is 48.4 cm³/mol. The predicted octanol–water partition coefficient (Wildman–Crippen LogP) is 1.46. The molecule has 0 aliphatic heterocycles. The van der Waals surface area contributed by atoms with Gasteiger partial charge in [-0.2, -0.15) is 0 Å². The van der Waals surface area contributed by atoms with Crippen LogP contribution < -0.4 is 11.5 Å². The van der Waals surface area contributed by atoms with E-state index in [1.54, 1.807) is 12.3 Å². The van der Waals surface area contributed by atoms with Crippen LogP contribution >= 0.6 is 11.3 Å². The fourth-order valence-corrected chi connectivity index (χ4v) is 1.78. The van der Waals surface area contributed by atoms with Crippen molar-refractivity contribution in [2.45, 2.75) is 0 Å². The zero-order valence-corrected chi connectivity index (χ0v) is 6.56. The summed E-state index contributed by atoms with van der Waals surface area (Å²) in [5, 5.41) is 1.71. The maximum Gasteiger partial charge on any atom is 0.127 e. The van der Waals surface area contributed by atoms with Crippen molar-refractivity contribution in [2.75, 3.05) is 11.5 Å². The Morgan fingerprint density at radius 1 is 1.36 bits per heavy atom. The summed E-state index contributed by atoms with van der Waals surface area (Å²) in [6.07, 6.45) is 1.69. The van der Waals surface area contributed by atoms with Gasteiger partial charge in [-0.05, 0) is 12.1 Å². The second-order valence-electron chi connectivity index (χ2n) is 2.27. The van der Waals surface area contributed by atoms with Crippen molar-refractivity contribution in [1.29, 1.82) is 0 Å². The second kappa shape index (κ2) is 2.10. The lowest BCUT2D eigenvalue weighted by Crippen LogP contribution is -1.84. The summed E-state index contributed by atoms with van der Waals surface area (Å²) in [7, 11) is 0. The number of thiophene rings is 1. The van der Waals surface area contributed by atoms with Crippen molar-refractivity contribution < 1.29 is 0 Å². The molecule has 4 N–H and O–H groups in total. The number of rotatable bonds is 0. The molecule has 0 aliphatic rings. The Bertz CT molecular complexity index is 393. The van der Waals surface area contributed by atoms with Crippen LogP contribution in [-0.2, 0) is 0 Å². The average molecular weight is 165 g/mol. The summed E-state index contributed by atoms with van der Waals surface area (Å²) in [6, 6.07) is 3.62. The highest BCUT2D eigenvalue weighted by Crippen LogP contribution is 2.28. The van der Waals surface area contributed by atoms with Crippen LogP contribution in [0.3, 0.4) is 0 Å². The molecule has 0 aromatic carbocycles. The van der Waals surface area contributed by atoms with E-state index < -0.39 is 0 Å². The number of nitrogen functional groups attached to an aromatic ring is 2. The largest absolute Gasteiger partial charge is 0.398 e. The maximum atomic E-state index is 5.68. The van der Waals surface area contributed by atoms with E-state index in [-0.39, 0.29) is 0 Å². The van der Waals surface area contributed by atoms with Gasteiger partial charge >= 0.3 is 0 Å². The molecule has 0 fully saturated rings. The fraction of sp³-hybridized carbons (Fsp3) is 0. The molecule has 0 bridgehead atoms. The molecule has 2 aromatic rings. The summed E-state index contributed by atoms with van der Waals surface area (Å²) in [5.41, 5.74) is 12.0. The number of hydrogen-bond donors (Lipinski definition) is 2. The topological polar surface area (TPSA) is 64.9 Å². The van der Waals surface area contributed by atoms with Crippen LogP contribution in [-0.4, -0.2) is 4.98 Å². The van der Waals surface area contributed by atoms with E-state index in [2.05, 4.69) is 4.98 Å². The Kier molecular flexibility index (Phi) is 1.22. The van der Waals surface area contributed by atoms with Crippen LogP contribution in [0.15, 0.2) is 18.3 Å². The van der Waals surface area contributed by atoms with Gasteiger partial charge in [-0.3, -0.25) is 0 Å². The highest BCUT2D eigenvalue weighted by Gasteiger charge is 2.01. The smallest absolute Gasteiger partial charge is 0.127 e. The molecule has 0 aliphatic carbocycles. The van der Waals surface area contributed by atoms with Crippen LogP contribution in [0.4, 0.5) is 10.7 Å². The van der Waals surface area contributed by atoms with Gasteiger partial charge in [0.15, 0.2) is 0 Å². The van der Waals surface area contributed by atoms with Crippen LogP contribution in [0.5, 0.6) is 0 Å². The molecule has 0 spiro atoms. The van der Waals surface area contributed by atoms with Gasteiger partial charge in [0.2, 0.25) is 0 Å². The van der Waals surface area contributed by atoms with Crippen LogP contribution in [0.1, 0.15) is 0 Å². The maximum absolute atomic E-state index is 5.68. The summed E-state index contributed by atoms with van der Waals surface area (Å²) in [5.74, 6) is 0. The number of pyridine rings is 1. The zero-order chi connectivity index (χ0) is 7.84. The number of nitrogens with zero attached hydrogens (tertiary/aromatic N) is 1. The Morgan fingerprint density at radius 3 is 2.91 bits per heavy atom. The van der Waals surface area contributed by atoms with Crippen molar-refractivity contribution in [1.82, 2.24) is 4.98 Å². The van der Waals surface area contributed by atoms with Crippen LogP contribution in [0, 0.1) is 0 Å². The van der Waals surface area contributed by atoms with Gasteiger partial charge in [-0.15, -0.1) is 0 Å². The van der Waals surface area contributed by atoms with E-state index in [0.29, 0.717) is 0 Å². The summed E-state index contributed by atoms with van der Waals surface area (Å²) in [6.45, 7) is 0. The molecule has 0 radical (unpaired) electrons. The minimum absolute atomic E-state index is 0.739. The molecule has 2 heterocycles. The molecule has 11 heavy (non-hydrogen) atoms. The first-order valence-corrected chi connectivity index (χ1v) is 3.98. The van der Waals surface area contributed by atoms with Crippen LogP contribution in [0.2, 0.25) is 0 Å². The molecule has 56 valence electrons. The van der Waals surface area contributed by atoms with Gasteiger partial charge in [-0.25, -0.2) is 4.98 Å². The first kappa shape index (κ1) is 6.42. The standard InChI is InChI=1S/C7H7N3S/c8-5-1-2-10-7-4(5)3-6(9)11-7/h1-3H,9H2,(H2,8,10). The van der Waals surface area contributed by atoms with Gasteiger partial charge < -0.3 is 11.5 Å². The van der Waals surface area contributed by atoms with E-state index >= 15 is 0 Å². The third-order valence-corrected chi connectivity index (χ3v) is 2.36. The molecule has 2 rings (SSSR count). The number of fused-ring (bicyclic) bond motifs is 1. The molecule has 0 unspecified atom stereocenters. The lowest BCUT2D eigenvalue weighted by Gasteiger charge is -1.91. The van der Waals surface area contributed by atoms with Gasteiger partial charge in [0.25, 0.3) is 0 Å². The molecule has 0 saturated heterocycles. The fourth-order valence-electron chi connectivity index (χ4n) is 0.978. The first-order chi connectivity index (χ1) is 5.27. The SMILES string of the molecule is Nc1cc2c(N)ccnc2s1. The first-order valence-electron chi connectivity index (χ1n) is 3.17. The van der Waals surface area contributed by atoms with Crippen molar-refractivity contribution >= 4 is 32.2 Å². The minimum atomic E-state index is 0.739. The Hall–Kier alpha value is -1.29. The van der Waals surface area contributed by atoms with Crippen molar-refractivity contribution in [3.05, 3.63) is 18.3 Å². The molecule has 3 nitrogen and oxygen atoms in total. The molecule has 2 aromatic heterocycles. The monoisotopic (exact) mass is 165 g/mol. The van der Waals surface area contributed by atoms with E-state index in [9.17, 15) is 0 Å². The lowest BCUT2D eigenvalue weighted by atomic mass is 10.3. The summed E-state index contributed by atoms with van der Waals surface area (Å²) >= 11 is 1.45. The van der Waals surface area contributed by atoms with Crippen LogP contribution in [0.25, 0.3) is 10.2 Å². The van der Waals surface area contributed by atoms with Gasteiger partial charge in [0, 0.05) is 17.3 Å². The summed E-state index contributed by atoms with van der Waals surface area (Å²) in [4.78, 5) is 5.03. The molecule has 0 atom stereocenters. The highest BCUT2D eigenvalue weighted by molar-refractivity contribution is 7.22. The Morgan fingerprint density at radius 2 is 2.18 bits per heavy atom. The second-order valence-corrected chi connectivity index (χ2v) is 3.33. The average Bonchev–Trinajstić information content (AvgIpc) is 2.31. The van der Waals surface area contributed by atoms with Gasteiger partial charge in [0.05, 0.1) is 5.00 Å². The van der Waals surface area contributed by atoms with Gasteiger partial charge in [-0.1, -0.05) is 11.3 Å². The molecule has 0 saturated carbocycles. The van der Waals surface area contributed by atoms with Crippen molar-refractivity contribution in [3.63, 3.8) is 0 Å². The molecule has 0 amide bonds. The molecule has 4 heteroatoms. The zero-order valence-electron chi connectivity index (χ0n) is 5.74. The van der Waals surface area contributed by atoms with E-state index in [4.69, 9.17) is 11.5 Å². The minimum Gasteiger partial charge on any atom is -0.398 e. The number of anilines is 2. The summed E-state index contributed by atoms with van der Waals surface area (Å²) < 4.78 is 0. The lowest BCUT2D eigenvalue weighted by molar-refractivity contribution is 1.45. The Balaban J connectivity index is 2.90.